The fourth-order valence-electron chi connectivity index (χ4n) is 3.56. The molecule has 0 radical (unpaired) electrons. The highest BCUT2D eigenvalue weighted by molar-refractivity contribution is 5.82. The topological polar surface area (TPSA) is 55.1 Å². The predicted octanol–water partition coefficient (Wildman–Crippen LogP) is 1.28. The second-order valence-electron chi connectivity index (χ2n) is 5.65. The van der Waals surface area contributed by atoms with Gasteiger partial charge < -0.3 is 11.1 Å². The van der Waals surface area contributed by atoms with E-state index in [2.05, 4.69) is 18.2 Å². The van der Waals surface area contributed by atoms with Crippen LogP contribution in [0.15, 0.2) is 0 Å². The van der Waals surface area contributed by atoms with Gasteiger partial charge in [0.1, 0.15) is 0 Å². The molecule has 2 saturated carbocycles. The highest BCUT2D eigenvalue weighted by Gasteiger charge is 2.42. The zero-order valence-electron chi connectivity index (χ0n) is 10.5. The van der Waals surface area contributed by atoms with Gasteiger partial charge in [-0.25, -0.2) is 0 Å². The lowest BCUT2D eigenvalue weighted by Gasteiger charge is -2.29. The van der Waals surface area contributed by atoms with E-state index in [4.69, 9.17) is 12.2 Å². The van der Waals surface area contributed by atoms with E-state index < -0.39 is 6.04 Å². The predicted molar refractivity (Wildman–Crippen MR) is 68.0 cm³/mol. The molecular formula is C14H22N2O. The number of carbonyl (C=O) groups excluding carboxylic acids is 1. The quantitative estimate of drug-likeness (QED) is 0.720. The number of amides is 1. The van der Waals surface area contributed by atoms with Crippen molar-refractivity contribution < 1.29 is 4.79 Å². The summed E-state index contributed by atoms with van der Waals surface area (Å²) in [4.78, 5) is 11.8. The molecule has 0 spiro atoms. The summed E-state index contributed by atoms with van der Waals surface area (Å²) in [5, 5.41) is 3.03. The number of rotatable bonds is 4. The molecule has 0 heterocycles. The summed E-state index contributed by atoms with van der Waals surface area (Å²) < 4.78 is 0. The number of carbonyl (C=O) groups is 1. The molecule has 0 aromatic carbocycles. The number of fused-ring (bicyclic) bond motifs is 2. The maximum atomic E-state index is 11.8. The van der Waals surface area contributed by atoms with Crippen molar-refractivity contribution in [3.8, 4) is 12.3 Å². The number of nitrogens with two attached hydrogens (primary N) is 1. The van der Waals surface area contributed by atoms with Gasteiger partial charge in [-0.15, -0.1) is 12.3 Å². The fourth-order valence-corrected chi connectivity index (χ4v) is 3.56. The van der Waals surface area contributed by atoms with Gasteiger partial charge in [-0.3, -0.25) is 4.79 Å². The van der Waals surface area contributed by atoms with Crippen molar-refractivity contribution in [2.45, 2.75) is 51.1 Å². The van der Waals surface area contributed by atoms with E-state index >= 15 is 0 Å². The van der Waals surface area contributed by atoms with Crippen LogP contribution in [0.4, 0.5) is 0 Å². The van der Waals surface area contributed by atoms with Crippen LogP contribution in [0.5, 0.6) is 0 Å². The Kier molecular flexibility index (Phi) is 3.73. The molecule has 0 aromatic rings. The third-order valence-electron chi connectivity index (χ3n) is 4.48. The molecule has 2 rings (SSSR count). The van der Waals surface area contributed by atoms with Gasteiger partial charge in [0.2, 0.25) is 5.91 Å². The van der Waals surface area contributed by atoms with Gasteiger partial charge in [0.15, 0.2) is 0 Å². The van der Waals surface area contributed by atoms with E-state index in [1.165, 1.54) is 25.7 Å². The summed E-state index contributed by atoms with van der Waals surface area (Å²) in [6.45, 7) is 2.10. The Morgan fingerprint density at radius 1 is 1.53 bits per heavy atom. The third-order valence-corrected chi connectivity index (χ3v) is 4.48. The molecule has 0 saturated heterocycles. The van der Waals surface area contributed by atoms with Crippen LogP contribution in [-0.4, -0.2) is 18.0 Å². The molecule has 94 valence electrons. The largest absolute Gasteiger partial charge is 0.352 e. The van der Waals surface area contributed by atoms with Gasteiger partial charge >= 0.3 is 0 Å². The van der Waals surface area contributed by atoms with Crippen LogP contribution in [0.25, 0.3) is 0 Å². The lowest BCUT2D eigenvalue weighted by atomic mass is 9.84. The van der Waals surface area contributed by atoms with Gasteiger partial charge in [-0.05, 0) is 43.9 Å². The monoisotopic (exact) mass is 234 g/mol. The molecule has 0 aliphatic heterocycles. The molecule has 5 unspecified atom stereocenters. The third kappa shape index (κ3) is 2.63. The Morgan fingerprint density at radius 3 is 2.82 bits per heavy atom. The van der Waals surface area contributed by atoms with E-state index in [-0.39, 0.29) is 11.9 Å². The minimum Gasteiger partial charge on any atom is -0.352 e. The smallest absolute Gasteiger partial charge is 0.238 e. The zero-order valence-corrected chi connectivity index (χ0v) is 10.5. The number of terminal acetylenes is 1. The van der Waals surface area contributed by atoms with Crippen molar-refractivity contribution in [3.05, 3.63) is 0 Å². The average Bonchev–Trinajstić information content (AvgIpc) is 2.90. The summed E-state index contributed by atoms with van der Waals surface area (Å²) >= 11 is 0. The van der Waals surface area contributed by atoms with Gasteiger partial charge in [0, 0.05) is 12.5 Å². The summed E-state index contributed by atoms with van der Waals surface area (Å²) in [5.41, 5.74) is 5.70. The van der Waals surface area contributed by atoms with E-state index in [1.54, 1.807) is 0 Å². The Balaban J connectivity index is 1.83. The van der Waals surface area contributed by atoms with Crippen molar-refractivity contribution >= 4 is 5.91 Å². The van der Waals surface area contributed by atoms with E-state index in [1.807, 2.05) is 0 Å². The highest BCUT2D eigenvalue weighted by Crippen LogP contribution is 2.49. The molecule has 0 aromatic heterocycles. The molecule has 2 aliphatic carbocycles. The van der Waals surface area contributed by atoms with Crippen LogP contribution in [0, 0.1) is 30.1 Å². The first-order chi connectivity index (χ1) is 8.11. The maximum Gasteiger partial charge on any atom is 0.238 e. The highest BCUT2D eigenvalue weighted by atomic mass is 16.2. The molecule has 1 amide bonds. The van der Waals surface area contributed by atoms with Crippen LogP contribution in [0.1, 0.15) is 39.0 Å². The second-order valence-corrected chi connectivity index (χ2v) is 5.65. The van der Waals surface area contributed by atoms with Crippen LogP contribution in [0.3, 0.4) is 0 Å². The van der Waals surface area contributed by atoms with Gasteiger partial charge in [-0.1, -0.05) is 6.42 Å². The number of nitrogens with one attached hydrogen (secondary N) is 1. The Labute approximate surface area is 104 Å². The molecule has 3 N–H and O–H groups in total. The maximum absolute atomic E-state index is 11.8. The number of hydrogen-bond acceptors (Lipinski definition) is 2. The standard InChI is InChI=1S/C14H22N2O/c1-3-4-13(15)14(17)16-9(2)12-8-10-5-6-11(12)7-10/h1,9-13H,4-8,15H2,2H3,(H,16,17). The minimum absolute atomic E-state index is 0.0989. The zero-order chi connectivity index (χ0) is 12.4. The molecule has 2 fully saturated rings. The van der Waals surface area contributed by atoms with Gasteiger partial charge in [-0.2, -0.15) is 0 Å². The summed E-state index contributed by atoms with van der Waals surface area (Å²) in [5.74, 6) is 4.71. The minimum atomic E-state index is -0.555. The first-order valence-corrected chi connectivity index (χ1v) is 6.61. The van der Waals surface area contributed by atoms with E-state index in [0.717, 1.165) is 11.8 Å². The van der Waals surface area contributed by atoms with Crippen LogP contribution in [0.2, 0.25) is 0 Å². The second kappa shape index (κ2) is 5.10. The lowest BCUT2D eigenvalue weighted by Crippen LogP contribution is -2.47. The van der Waals surface area contributed by atoms with Crippen molar-refractivity contribution in [1.29, 1.82) is 0 Å². The average molecular weight is 234 g/mol. The Bertz CT molecular complexity index is 334. The molecule has 17 heavy (non-hydrogen) atoms. The van der Waals surface area contributed by atoms with E-state index in [9.17, 15) is 4.79 Å². The Morgan fingerprint density at radius 2 is 2.29 bits per heavy atom. The van der Waals surface area contributed by atoms with Crippen molar-refractivity contribution in [1.82, 2.24) is 5.32 Å². The first kappa shape index (κ1) is 12.4. The fraction of sp³-hybridized carbons (Fsp3) is 0.786. The van der Waals surface area contributed by atoms with Crippen molar-refractivity contribution in [2.24, 2.45) is 23.5 Å². The normalized spacial score (nSPS) is 34.1. The summed E-state index contributed by atoms with van der Waals surface area (Å²) in [6, 6.07) is -0.317. The number of hydrogen-bond donors (Lipinski definition) is 2. The lowest BCUT2D eigenvalue weighted by molar-refractivity contribution is -0.123. The first-order valence-electron chi connectivity index (χ1n) is 6.61. The summed E-state index contributed by atoms with van der Waals surface area (Å²) in [7, 11) is 0. The molecule has 3 heteroatoms. The van der Waals surface area contributed by atoms with Crippen molar-refractivity contribution in [3.63, 3.8) is 0 Å². The summed E-state index contributed by atoms with van der Waals surface area (Å²) in [6.07, 6.45) is 10.8. The molecule has 2 aliphatic rings. The molecule has 2 bridgehead atoms. The molecular weight excluding hydrogens is 212 g/mol. The van der Waals surface area contributed by atoms with E-state index in [0.29, 0.717) is 12.3 Å². The van der Waals surface area contributed by atoms with Gasteiger partial charge in [0.05, 0.1) is 6.04 Å². The van der Waals surface area contributed by atoms with Crippen LogP contribution < -0.4 is 11.1 Å². The van der Waals surface area contributed by atoms with Gasteiger partial charge in [0.25, 0.3) is 0 Å². The molecule has 3 nitrogen and oxygen atoms in total. The van der Waals surface area contributed by atoms with Crippen LogP contribution >= 0.6 is 0 Å². The SMILES string of the molecule is C#CCC(N)C(=O)NC(C)C1CC2CCC1C2. The van der Waals surface area contributed by atoms with Crippen LogP contribution in [-0.2, 0) is 4.79 Å². The molecule has 5 atom stereocenters. The van der Waals surface area contributed by atoms with Crippen molar-refractivity contribution in [2.75, 3.05) is 0 Å². The Hall–Kier alpha value is -1.01.